The quantitative estimate of drug-likeness (QED) is 0.523. The van der Waals surface area contributed by atoms with Crippen LogP contribution in [0.4, 0.5) is 0 Å². The molecule has 180 valence electrons. The third kappa shape index (κ3) is 6.30. The van der Waals surface area contributed by atoms with Crippen molar-refractivity contribution in [3.63, 3.8) is 0 Å². The van der Waals surface area contributed by atoms with E-state index in [9.17, 15) is 15.0 Å². The third-order valence-electron chi connectivity index (χ3n) is 5.80. The molecule has 9 heteroatoms. The fraction of sp³-hybridized carbons (Fsp3) is 0.696. The fourth-order valence-corrected chi connectivity index (χ4v) is 5.14. The molecule has 3 N–H and O–H groups in total. The van der Waals surface area contributed by atoms with E-state index in [0.29, 0.717) is 29.2 Å². The molecule has 2 aliphatic rings. The third-order valence-corrected chi connectivity index (χ3v) is 7.14. The zero-order valence-corrected chi connectivity index (χ0v) is 21.1. The topological polar surface area (TPSA) is 91.3 Å². The van der Waals surface area contributed by atoms with Crippen LogP contribution in [-0.2, 0) is 20.9 Å². The van der Waals surface area contributed by atoms with Crippen LogP contribution in [0.15, 0.2) is 12.1 Å². The van der Waals surface area contributed by atoms with Crippen molar-refractivity contribution in [2.75, 3.05) is 19.7 Å². The number of carbonyl (C=O) groups excluding carboxylic acids is 1. The SMILES string of the molecule is CC1(C)OCC(C(=O)N2CCC(C(NSC(C)(C)C)c3cc(Cl)c(CO)cc3O)CC2)O1. The number of phenols is 1. The van der Waals surface area contributed by atoms with Crippen molar-refractivity contribution in [1.82, 2.24) is 9.62 Å². The van der Waals surface area contributed by atoms with Gasteiger partial charge in [-0.3, -0.25) is 9.52 Å². The molecule has 2 heterocycles. The van der Waals surface area contributed by atoms with Gasteiger partial charge in [-0.15, -0.1) is 0 Å². The first kappa shape index (κ1) is 25.6. The number of likely N-dealkylation sites (tertiary alicyclic amines) is 1. The van der Waals surface area contributed by atoms with E-state index < -0.39 is 11.9 Å². The Labute approximate surface area is 199 Å². The first-order valence-electron chi connectivity index (χ1n) is 11.1. The number of piperidine rings is 1. The van der Waals surface area contributed by atoms with Gasteiger partial charge in [0.2, 0.25) is 0 Å². The van der Waals surface area contributed by atoms with Crippen molar-refractivity contribution in [3.8, 4) is 5.75 Å². The molecule has 7 nitrogen and oxygen atoms in total. The van der Waals surface area contributed by atoms with Gasteiger partial charge in [-0.25, -0.2) is 0 Å². The first-order chi connectivity index (χ1) is 14.9. The van der Waals surface area contributed by atoms with Crippen LogP contribution >= 0.6 is 23.5 Å². The summed E-state index contributed by atoms with van der Waals surface area (Å²) in [6.45, 7) is 11.3. The number of amides is 1. The van der Waals surface area contributed by atoms with Gasteiger partial charge in [0.15, 0.2) is 11.9 Å². The standard InChI is InChI=1S/C23H35ClN2O5S/c1-22(2,3)32-25-20(16-11-17(24)15(12-27)10-18(16)28)14-6-8-26(9-7-14)21(29)19-13-30-23(4,5)31-19/h10-11,14,19-20,25,27-28H,6-9,12-13H2,1-5H3. The van der Waals surface area contributed by atoms with Gasteiger partial charge in [0.25, 0.3) is 5.91 Å². The van der Waals surface area contributed by atoms with Crippen molar-refractivity contribution in [2.24, 2.45) is 5.92 Å². The zero-order chi connectivity index (χ0) is 23.7. The van der Waals surface area contributed by atoms with Crippen LogP contribution in [0.5, 0.6) is 5.75 Å². The molecule has 1 amide bonds. The second-order valence-corrected chi connectivity index (χ2v) is 12.0. The number of carbonyl (C=O) groups is 1. The summed E-state index contributed by atoms with van der Waals surface area (Å²) in [5, 5.41) is 20.6. The van der Waals surface area contributed by atoms with E-state index in [1.54, 1.807) is 18.0 Å². The maximum absolute atomic E-state index is 12.9. The molecule has 2 saturated heterocycles. The van der Waals surface area contributed by atoms with E-state index in [0.717, 1.165) is 12.8 Å². The molecule has 2 atom stereocenters. The van der Waals surface area contributed by atoms with Gasteiger partial charge in [0.1, 0.15) is 5.75 Å². The number of nitrogens with one attached hydrogen (secondary N) is 1. The summed E-state index contributed by atoms with van der Waals surface area (Å²) in [7, 11) is 0. The van der Waals surface area contributed by atoms with Crippen molar-refractivity contribution < 1.29 is 24.5 Å². The molecule has 0 aliphatic carbocycles. The molecule has 0 radical (unpaired) electrons. The number of aliphatic hydroxyl groups is 1. The highest BCUT2D eigenvalue weighted by atomic mass is 35.5. The Bertz CT molecular complexity index is 821. The predicted molar refractivity (Wildman–Crippen MR) is 126 cm³/mol. The van der Waals surface area contributed by atoms with Gasteiger partial charge in [-0.2, -0.15) is 0 Å². The molecule has 0 spiro atoms. The molecular formula is C23H35ClN2O5S. The van der Waals surface area contributed by atoms with Gasteiger partial charge in [-0.05, 0) is 71.1 Å². The van der Waals surface area contributed by atoms with Crippen LogP contribution in [0, 0.1) is 5.92 Å². The Morgan fingerprint density at radius 3 is 2.53 bits per heavy atom. The lowest BCUT2D eigenvalue weighted by atomic mass is 9.85. The van der Waals surface area contributed by atoms with Gasteiger partial charge in [0.05, 0.1) is 13.2 Å². The van der Waals surface area contributed by atoms with E-state index in [4.69, 9.17) is 21.1 Å². The summed E-state index contributed by atoms with van der Waals surface area (Å²) in [4.78, 5) is 14.7. The van der Waals surface area contributed by atoms with Gasteiger partial charge in [0, 0.05) is 34.5 Å². The maximum atomic E-state index is 12.9. The summed E-state index contributed by atoms with van der Waals surface area (Å²) in [5.41, 5.74) is 1.21. The number of benzene rings is 1. The Kier molecular flexibility index (Phi) is 8.06. The number of halogens is 1. The Hall–Kier alpha value is -1.03. The van der Waals surface area contributed by atoms with Gasteiger partial charge < -0.3 is 24.6 Å². The normalized spacial score (nSPS) is 22.8. The molecule has 32 heavy (non-hydrogen) atoms. The number of aromatic hydroxyl groups is 1. The van der Waals surface area contributed by atoms with Crippen molar-refractivity contribution >= 4 is 29.5 Å². The maximum Gasteiger partial charge on any atom is 0.254 e. The lowest BCUT2D eigenvalue weighted by Gasteiger charge is -2.38. The largest absolute Gasteiger partial charge is 0.508 e. The number of nitrogens with zero attached hydrogens (tertiary/aromatic N) is 1. The van der Waals surface area contributed by atoms with E-state index >= 15 is 0 Å². The van der Waals surface area contributed by atoms with Crippen LogP contribution in [0.3, 0.4) is 0 Å². The summed E-state index contributed by atoms with van der Waals surface area (Å²) in [6, 6.07) is 3.13. The highest BCUT2D eigenvalue weighted by Crippen LogP contribution is 2.40. The fourth-order valence-electron chi connectivity index (χ4n) is 4.11. The average Bonchev–Trinajstić information content (AvgIpc) is 3.09. The average molecular weight is 487 g/mol. The Morgan fingerprint density at radius 1 is 1.34 bits per heavy atom. The smallest absolute Gasteiger partial charge is 0.254 e. The predicted octanol–water partition coefficient (Wildman–Crippen LogP) is 4.01. The van der Waals surface area contributed by atoms with Crippen molar-refractivity contribution in [2.45, 2.75) is 76.7 Å². The molecule has 2 aliphatic heterocycles. The minimum atomic E-state index is -0.727. The number of hydrogen-bond acceptors (Lipinski definition) is 7. The minimum Gasteiger partial charge on any atom is -0.508 e. The Balaban J connectivity index is 1.73. The van der Waals surface area contributed by atoms with Gasteiger partial charge in [-0.1, -0.05) is 23.5 Å². The highest BCUT2D eigenvalue weighted by molar-refractivity contribution is 7.98. The second kappa shape index (κ2) is 10.1. The van der Waals surface area contributed by atoms with Crippen molar-refractivity contribution in [1.29, 1.82) is 0 Å². The van der Waals surface area contributed by atoms with E-state index in [1.165, 1.54) is 6.07 Å². The number of rotatable bonds is 6. The van der Waals surface area contributed by atoms with E-state index in [2.05, 4.69) is 25.5 Å². The molecule has 0 saturated carbocycles. The molecule has 0 bridgehead atoms. The molecule has 3 rings (SSSR count). The van der Waals surface area contributed by atoms with Crippen LogP contribution in [0.1, 0.15) is 64.6 Å². The Morgan fingerprint density at radius 2 is 2.00 bits per heavy atom. The van der Waals surface area contributed by atoms with E-state index in [1.807, 2.05) is 18.7 Å². The lowest BCUT2D eigenvalue weighted by molar-refractivity contribution is -0.161. The molecular weight excluding hydrogens is 452 g/mol. The van der Waals surface area contributed by atoms with Crippen LogP contribution in [-0.4, -0.2) is 57.4 Å². The number of ether oxygens (including phenoxy) is 2. The molecule has 1 aromatic rings. The van der Waals surface area contributed by atoms with Crippen LogP contribution in [0.25, 0.3) is 0 Å². The molecule has 2 fully saturated rings. The van der Waals surface area contributed by atoms with Gasteiger partial charge >= 0.3 is 0 Å². The second-order valence-electron chi connectivity index (χ2n) is 9.95. The molecule has 1 aromatic carbocycles. The summed E-state index contributed by atoms with van der Waals surface area (Å²) in [5.74, 6) is -0.438. The number of phenolic OH excluding ortho intramolecular Hbond substituents is 1. The van der Waals surface area contributed by atoms with Crippen LogP contribution < -0.4 is 4.72 Å². The molecule has 2 unspecified atom stereocenters. The molecule has 0 aromatic heterocycles. The highest BCUT2D eigenvalue weighted by Gasteiger charge is 2.40. The first-order valence-corrected chi connectivity index (χ1v) is 12.3. The lowest BCUT2D eigenvalue weighted by Crippen LogP contribution is -2.46. The zero-order valence-electron chi connectivity index (χ0n) is 19.5. The van der Waals surface area contributed by atoms with E-state index in [-0.39, 0.29) is 41.6 Å². The summed E-state index contributed by atoms with van der Waals surface area (Å²) >= 11 is 7.96. The minimum absolute atomic E-state index is 0.0218. The monoisotopic (exact) mass is 486 g/mol. The van der Waals surface area contributed by atoms with Crippen molar-refractivity contribution in [3.05, 3.63) is 28.3 Å². The summed E-state index contributed by atoms with van der Waals surface area (Å²) < 4.78 is 14.8. The number of hydrogen-bond donors (Lipinski definition) is 3. The summed E-state index contributed by atoms with van der Waals surface area (Å²) in [6.07, 6.45) is 1.01. The number of aliphatic hydroxyl groups excluding tert-OH is 1. The van der Waals surface area contributed by atoms with Crippen LogP contribution in [0.2, 0.25) is 5.02 Å².